The maximum atomic E-state index is 5.36. The lowest BCUT2D eigenvalue weighted by atomic mass is 10.2. The fourth-order valence-corrected chi connectivity index (χ4v) is 1.76. The Hall–Kier alpha value is 0.360. The summed E-state index contributed by atoms with van der Waals surface area (Å²) in [5.41, 5.74) is 0. The van der Waals surface area contributed by atoms with Gasteiger partial charge in [-0.25, -0.2) is 0 Å². The molecule has 0 aliphatic rings. The van der Waals surface area contributed by atoms with E-state index in [1.807, 2.05) is 0 Å². The Morgan fingerprint density at radius 2 is 1.62 bits per heavy atom. The van der Waals surface area contributed by atoms with Gasteiger partial charge in [0.15, 0.2) is 0 Å². The Morgan fingerprint density at radius 1 is 0.875 bits per heavy atom. The molecule has 0 aromatic rings. The highest BCUT2D eigenvalue weighted by atomic mass is 79.9. The molecule has 0 aromatic heterocycles. The van der Waals surface area contributed by atoms with Crippen LogP contribution < -0.4 is 5.32 Å². The molecule has 0 amide bonds. The first-order valence-corrected chi connectivity index (χ1v) is 7.37. The van der Waals surface area contributed by atoms with E-state index in [2.05, 4.69) is 21.2 Å². The van der Waals surface area contributed by atoms with Crippen LogP contribution in [-0.2, 0) is 9.47 Å². The van der Waals surface area contributed by atoms with Gasteiger partial charge in [0.05, 0.1) is 13.2 Å². The average Bonchev–Trinajstić information content (AvgIpc) is 2.31. The second-order valence-electron chi connectivity index (χ2n) is 3.81. The van der Waals surface area contributed by atoms with E-state index in [-0.39, 0.29) is 0 Å². The molecule has 0 spiro atoms. The third-order valence-corrected chi connectivity index (χ3v) is 2.87. The first kappa shape index (κ1) is 16.4. The van der Waals surface area contributed by atoms with E-state index in [0.29, 0.717) is 13.2 Å². The number of unbranched alkanes of at least 4 members (excludes halogenated alkanes) is 3. The van der Waals surface area contributed by atoms with Gasteiger partial charge in [0.25, 0.3) is 0 Å². The lowest BCUT2D eigenvalue weighted by Gasteiger charge is -2.05. The molecular formula is C12H26BrNO2. The van der Waals surface area contributed by atoms with Crippen LogP contribution in [0.4, 0.5) is 0 Å². The van der Waals surface area contributed by atoms with Crippen LogP contribution >= 0.6 is 15.9 Å². The molecule has 0 radical (unpaired) electrons. The van der Waals surface area contributed by atoms with Gasteiger partial charge in [0, 0.05) is 19.0 Å². The average molecular weight is 296 g/mol. The zero-order valence-electron chi connectivity index (χ0n) is 10.5. The van der Waals surface area contributed by atoms with Crippen molar-refractivity contribution in [1.82, 2.24) is 5.32 Å². The highest BCUT2D eigenvalue weighted by Gasteiger charge is 1.91. The second-order valence-corrected chi connectivity index (χ2v) is 4.60. The van der Waals surface area contributed by atoms with Gasteiger partial charge < -0.3 is 14.8 Å². The molecule has 0 unspecified atom stereocenters. The van der Waals surface area contributed by atoms with Crippen molar-refractivity contribution in [1.29, 1.82) is 0 Å². The highest BCUT2D eigenvalue weighted by Crippen LogP contribution is 2.00. The fourth-order valence-electron chi connectivity index (χ4n) is 1.37. The molecule has 0 atom stereocenters. The Kier molecular flexibility index (Phi) is 15.7. The summed E-state index contributed by atoms with van der Waals surface area (Å²) in [4.78, 5) is 0. The predicted molar refractivity (Wildman–Crippen MR) is 72.4 cm³/mol. The second kappa shape index (κ2) is 15.4. The molecule has 0 aliphatic carbocycles. The Bertz CT molecular complexity index is 112. The van der Waals surface area contributed by atoms with Gasteiger partial charge in [-0.3, -0.25) is 0 Å². The van der Waals surface area contributed by atoms with Crippen molar-refractivity contribution in [3.8, 4) is 0 Å². The van der Waals surface area contributed by atoms with Crippen LogP contribution in [-0.4, -0.2) is 45.4 Å². The third-order valence-electron chi connectivity index (χ3n) is 2.31. The van der Waals surface area contributed by atoms with E-state index >= 15 is 0 Å². The van der Waals surface area contributed by atoms with Crippen LogP contribution in [0.3, 0.4) is 0 Å². The topological polar surface area (TPSA) is 30.5 Å². The summed E-state index contributed by atoms with van der Waals surface area (Å²) >= 11 is 3.44. The Balaban J connectivity index is 2.83. The van der Waals surface area contributed by atoms with Crippen molar-refractivity contribution >= 4 is 15.9 Å². The highest BCUT2D eigenvalue weighted by molar-refractivity contribution is 9.09. The van der Waals surface area contributed by atoms with Crippen molar-refractivity contribution in [2.45, 2.75) is 32.1 Å². The molecular weight excluding hydrogens is 270 g/mol. The largest absolute Gasteiger partial charge is 0.382 e. The molecule has 0 aromatic carbocycles. The molecule has 1 N–H and O–H groups in total. The maximum Gasteiger partial charge on any atom is 0.0700 e. The monoisotopic (exact) mass is 295 g/mol. The van der Waals surface area contributed by atoms with Crippen LogP contribution in [0.25, 0.3) is 0 Å². The number of ether oxygens (including phenoxy) is 2. The standard InChI is InChI=1S/C12H26BrNO2/c1-15-11-12-16-10-6-9-14-8-5-3-2-4-7-13/h14H,2-12H2,1H3. The lowest BCUT2D eigenvalue weighted by molar-refractivity contribution is 0.0695. The third kappa shape index (κ3) is 14.4. The van der Waals surface area contributed by atoms with Gasteiger partial charge in [-0.2, -0.15) is 0 Å². The van der Waals surface area contributed by atoms with E-state index in [9.17, 15) is 0 Å². The number of alkyl halides is 1. The van der Waals surface area contributed by atoms with Crippen LogP contribution in [0, 0.1) is 0 Å². The Morgan fingerprint density at radius 3 is 2.38 bits per heavy atom. The van der Waals surface area contributed by atoms with Crippen LogP contribution in [0.1, 0.15) is 32.1 Å². The van der Waals surface area contributed by atoms with E-state index in [0.717, 1.165) is 31.4 Å². The normalized spacial score (nSPS) is 10.9. The van der Waals surface area contributed by atoms with E-state index in [4.69, 9.17) is 9.47 Å². The van der Waals surface area contributed by atoms with Gasteiger partial charge in [-0.05, 0) is 32.4 Å². The van der Waals surface area contributed by atoms with Gasteiger partial charge >= 0.3 is 0 Å². The summed E-state index contributed by atoms with van der Waals surface area (Å²) in [6.45, 7) is 4.44. The number of halogens is 1. The van der Waals surface area contributed by atoms with Gasteiger partial charge in [-0.15, -0.1) is 0 Å². The summed E-state index contributed by atoms with van der Waals surface area (Å²) in [5, 5.41) is 4.57. The number of methoxy groups -OCH3 is 1. The molecule has 98 valence electrons. The summed E-state index contributed by atoms with van der Waals surface area (Å²) in [6, 6.07) is 0. The summed E-state index contributed by atoms with van der Waals surface area (Å²) in [5.74, 6) is 0. The minimum absolute atomic E-state index is 0.695. The van der Waals surface area contributed by atoms with Crippen molar-refractivity contribution in [3.05, 3.63) is 0 Å². The zero-order chi connectivity index (χ0) is 11.9. The molecule has 0 heterocycles. The van der Waals surface area contributed by atoms with E-state index in [1.54, 1.807) is 7.11 Å². The SMILES string of the molecule is COCCOCCCNCCCCCCBr. The maximum absolute atomic E-state index is 5.36. The molecule has 0 bridgehead atoms. The molecule has 0 rings (SSSR count). The minimum Gasteiger partial charge on any atom is -0.382 e. The summed E-state index contributed by atoms with van der Waals surface area (Å²) in [6.07, 6.45) is 6.35. The molecule has 0 fully saturated rings. The summed E-state index contributed by atoms with van der Waals surface area (Å²) < 4.78 is 10.3. The lowest BCUT2D eigenvalue weighted by Crippen LogP contribution is -2.18. The van der Waals surface area contributed by atoms with Gasteiger partial charge in [0.1, 0.15) is 0 Å². The minimum atomic E-state index is 0.695. The van der Waals surface area contributed by atoms with Crippen molar-refractivity contribution in [3.63, 3.8) is 0 Å². The molecule has 0 aliphatic heterocycles. The molecule has 4 heteroatoms. The van der Waals surface area contributed by atoms with Crippen molar-refractivity contribution in [2.24, 2.45) is 0 Å². The summed E-state index contributed by atoms with van der Waals surface area (Å²) in [7, 11) is 1.69. The predicted octanol–water partition coefficient (Wildman–Crippen LogP) is 2.58. The molecule has 3 nitrogen and oxygen atoms in total. The fraction of sp³-hybridized carbons (Fsp3) is 1.00. The Labute approximate surface area is 108 Å². The van der Waals surface area contributed by atoms with Crippen molar-refractivity contribution in [2.75, 3.05) is 45.4 Å². The number of hydrogen-bond acceptors (Lipinski definition) is 3. The van der Waals surface area contributed by atoms with Crippen LogP contribution in [0.15, 0.2) is 0 Å². The number of rotatable bonds is 13. The zero-order valence-corrected chi connectivity index (χ0v) is 12.1. The van der Waals surface area contributed by atoms with Crippen LogP contribution in [0.2, 0.25) is 0 Å². The van der Waals surface area contributed by atoms with E-state index < -0.39 is 0 Å². The smallest absolute Gasteiger partial charge is 0.0700 e. The quantitative estimate of drug-likeness (QED) is 0.418. The molecule has 0 saturated carbocycles. The number of nitrogens with one attached hydrogen (secondary N) is 1. The van der Waals surface area contributed by atoms with E-state index in [1.165, 1.54) is 25.7 Å². The van der Waals surface area contributed by atoms with Crippen LogP contribution in [0.5, 0.6) is 0 Å². The number of hydrogen-bond donors (Lipinski definition) is 1. The van der Waals surface area contributed by atoms with Crippen molar-refractivity contribution < 1.29 is 9.47 Å². The molecule has 16 heavy (non-hydrogen) atoms. The first-order chi connectivity index (χ1) is 7.91. The van der Waals surface area contributed by atoms with Gasteiger partial charge in [-0.1, -0.05) is 28.8 Å². The molecule has 0 saturated heterocycles. The first-order valence-electron chi connectivity index (χ1n) is 6.25. The van der Waals surface area contributed by atoms with Gasteiger partial charge in [0.2, 0.25) is 0 Å².